The van der Waals surface area contributed by atoms with Crippen molar-refractivity contribution in [1.82, 2.24) is 0 Å². The van der Waals surface area contributed by atoms with Crippen LogP contribution in [0.15, 0.2) is 60.2 Å². The largest absolute Gasteiger partial charge is 0.492 e. The molecule has 0 saturated heterocycles. The van der Waals surface area contributed by atoms with Gasteiger partial charge in [0.1, 0.15) is 5.75 Å². The van der Waals surface area contributed by atoms with E-state index in [9.17, 15) is 4.79 Å². The molecule has 0 bridgehead atoms. The molecule has 6 heteroatoms. The highest BCUT2D eigenvalue weighted by Crippen LogP contribution is 2.45. The first-order valence-electron chi connectivity index (χ1n) is 16.4. The first kappa shape index (κ1) is 44.7. The molecule has 5 nitrogen and oxygen atoms in total. The second kappa shape index (κ2) is 26.8. The van der Waals surface area contributed by atoms with E-state index in [2.05, 4.69) is 83.2 Å². The summed E-state index contributed by atoms with van der Waals surface area (Å²) < 4.78 is 5.96. The third kappa shape index (κ3) is 15.6. The zero-order valence-electron chi connectivity index (χ0n) is 30.3. The molecule has 0 aromatic heterocycles. The number of benzene rings is 2. The van der Waals surface area contributed by atoms with Crippen LogP contribution >= 0.6 is 11.8 Å². The highest BCUT2D eigenvalue weighted by molar-refractivity contribution is 7.97. The number of aliphatic hydroxyl groups is 2. The number of fused-ring (bicyclic) bond motifs is 1. The highest BCUT2D eigenvalue weighted by atomic mass is 32.2. The minimum Gasteiger partial charge on any atom is -0.492 e. The quantitative estimate of drug-likeness (QED) is 0.121. The lowest BCUT2D eigenvalue weighted by Gasteiger charge is -2.28. The van der Waals surface area contributed by atoms with Crippen molar-refractivity contribution in [3.8, 4) is 5.75 Å². The van der Waals surface area contributed by atoms with E-state index >= 15 is 0 Å². The van der Waals surface area contributed by atoms with Crippen molar-refractivity contribution in [1.29, 1.82) is 0 Å². The molecule has 3 rings (SSSR count). The molecule has 2 atom stereocenters. The molecule has 2 aromatic carbocycles. The molecule has 1 aliphatic heterocycles. The summed E-state index contributed by atoms with van der Waals surface area (Å²) in [5, 5.41) is 14.0. The minimum atomic E-state index is 0.168. The lowest BCUT2D eigenvalue weighted by molar-refractivity contribution is -0.114. The number of nitrogens with two attached hydrogens (primary N) is 1. The van der Waals surface area contributed by atoms with E-state index < -0.39 is 0 Å². The molecular formula is C39H65NO4S. The van der Waals surface area contributed by atoms with Gasteiger partial charge in [-0.05, 0) is 92.9 Å². The summed E-state index contributed by atoms with van der Waals surface area (Å²) in [7, 11) is 2.00. The van der Waals surface area contributed by atoms with Gasteiger partial charge in [0.05, 0.1) is 6.61 Å². The molecule has 2 aromatic rings. The predicted octanol–water partition coefficient (Wildman–Crippen LogP) is 9.31. The predicted molar refractivity (Wildman–Crippen MR) is 199 cm³/mol. The van der Waals surface area contributed by atoms with E-state index in [1.807, 2.05) is 25.5 Å². The van der Waals surface area contributed by atoms with Gasteiger partial charge in [0.15, 0.2) is 5.78 Å². The van der Waals surface area contributed by atoms with E-state index in [1.165, 1.54) is 60.8 Å². The third-order valence-electron chi connectivity index (χ3n) is 7.87. The summed E-state index contributed by atoms with van der Waals surface area (Å²) in [6, 6.07) is 14.9. The van der Waals surface area contributed by atoms with Crippen LogP contribution in [0.4, 0.5) is 0 Å². The second-order valence-corrected chi connectivity index (χ2v) is 12.1. The number of hydrogen-bond acceptors (Lipinski definition) is 6. The molecule has 4 N–H and O–H groups in total. The summed E-state index contributed by atoms with van der Waals surface area (Å²) in [5.74, 6) is 1.56. The first-order valence-corrected chi connectivity index (χ1v) is 18.0. The Morgan fingerprint density at radius 1 is 1.02 bits per heavy atom. The zero-order chi connectivity index (χ0) is 34.8. The first-order chi connectivity index (χ1) is 21.7. The molecule has 1 heterocycles. The topological polar surface area (TPSA) is 92.8 Å². The molecular weight excluding hydrogens is 578 g/mol. The van der Waals surface area contributed by atoms with Gasteiger partial charge in [-0.25, -0.2) is 0 Å². The van der Waals surface area contributed by atoms with Crippen LogP contribution in [0, 0.1) is 12.8 Å². The van der Waals surface area contributed by atoms with Crippen LogP contribution in [0.2, 0.25) is 0 Å². The zero-order valence-corrected chi connectivity index (χ0v) is 31.2. The van der Waals surface area contributed by atoms with Gasteiger partial charge in [-0.2, -0.15) is 11.8 Å². The SMILES string of the molecule is C/C=C(\C=C(\C(C)=O)C(C)CC)c1cccc(C)c1.CCCCCC1(CCC)COc2ccc(CN)cc21.CO.CO.CSC. The molecule has 1 aliphatic rings. The molecule has 0 radical (unpaired) electrons. The van der Waals surface area contributed by atoms with Crippen molar-refractivity contribution in [3.05, 3.63) is 82.4 Å². The van der Waals surface area contributed by atoms with Crippen molar-refractivity contribution in [2.45, 2.75) is 105 Å². The molecule has 0 saturated carbocycles. The Hall–Kier alpha value is -2.38. The molecule has 45 heavy (non-hydrogen) atoms. The number of Topliss-reactive ketones (excluding diaryl/α,β-unsaturated/α-hetero) is 1. The van der Waals surface area contributed by atoms with Gasteiger partial charge in [0.25, 0.3) is 0 Å². The fourth-order valence-corrected chi connectivity index (χ4v) is 5.40. The fourth-order valence-electron chi connectivity index (χ4n) is 5.40. The number of aliphatic hydroxyl groups excluding tert-OH is 2. The maximum absolute atomic E-state index is 11.8. The van der Waals surface area contributed by atoms with Crippen molar-refractivity contribution in [3.63, 3.8) is 0 Å². The maximum atomic E-state index is 11.8. The second-order valence-electron chi connectivity index (χ2n) is 11.3. The van der Waals surface area contributed by atoms with Gasteiger partial charge >= 0.3 is 0 Å². The monoisotopic (exact) mass is 643 g/mol. The van der Waals surface area contributed by atoms with Gasteiger partial charge < -0.3 is 20.7 Å². The van der Waals surface area contributed by atoms with Crippen LogP contribution in [-0.4, -0.2) is 49.3 Å². The van der Waals surface area contributed by atoms with Crippen LogP contribution in [0.25, 0.3) is 5.57 Å². The van der Waals surface area contributed by atoms with Gasteiger partial charge in [0.2, 0.25) is 0 Å². The van der Waals surface area contributed by atoms with Crippen LogP contribution in [-0.2, 0) is 16.8 Å². The summed E-state index contributed by atoms with van der Waals surface area (Å²) >= 11 is 1.75. The Morgan fingerprint density at radius 2 is 1.67 bits per heavy atom. The van der Waals surface area contributed by atoms with Crippen LogP contribution < -0.4 is 10.5 Å². The van der Waals surface area contributed by atoms with E-state index in [0.717, 1.165) is 44.1 Å². The highest BCUT2D eigenvalue weighted by Gasteiger charge is 2.39. The normalized spacial score (nSPS) is 15.7. The number of thioether (sulfide) groups is 1. The number of hydrogen-bond donors (Lipinski definition) is 3. The van der Waals surface area contributed by atoms with Gasteiger partial charge in [-0.1, -0.05) is 101 Å². The van der Waals surface area contributed by atoms with Gasteiger partial charge in [-0.3, -0.25) is 4.79 Å². The Labute approximate surface area is 280 Å². The van der Waals surface area contributed by atoms with E-state index in [0.29, 0.717) is 12.5 Å². The number of carbonyl (C=O) groups is 1. The number of ether oxygens (including phenoxy) is 1. The van der Waals surface area contributed by atoms with Crippen LogP contribution in [0.1, 0.15) is 109 Å². The van der Waals surface area contributed by atoms with Crippen molar-refractivity contribution in [2.24, 2.45) is 11.7 Å². The number of rotatable bonds is 12. The summed E-state index contributed by atoms with van der Waals surface area (Å²) in [4.78, 5) is 11.8. The van der Waals surface area contributed by atoms with Crippen LogP contribution in [0.5, 0.6) is 5.75 Å². The minimum absolute atomic E-state index is 0.168. The Balaban J connectivity index is 0. The lowest BCUT2D eigenvalue weighted by Crippen LogP contribution is -2.28. The number of ketones is 1. The maximum Gasteiger partial charge on any atom is 0.156 e. The number of unbranched alkanes of at least 4 members (excludes halogenated alkanes) is 2. The number of carbonyl (C=O) groups excluding carboxylic acids is 1. The fraction of sp³-hybridized carbons (Fsp3) is 0.564. The molecule has 0 aliphatic carbocycles. The number of aryl methyl sites for hydroxylation is 1. The molecule has 256 valence electrons. The standard InChI is InChI=1S/C18H24O.C17H27NO.C2H6S.2CH4O/c1-6-14(4)18(15(5)19)12-16(7-2)17-10-8-9-13(3)11-17;1-3-5-6-10-17(9-4-2)13-19-16-8-7-14(12-18)11-15(16)17;1-3-2;2*1-2/h7-12,14H,6H2,1-5H3;7-8,11H,3-6,9-10,12-13,18H2,1-2H3;1-2H3;2*2H,1H3/b16-7+,18-12+;;;;. The Kier molecular flexibility index (Phi) is 26.6. The van der Waals surface area contributed by atoms with E-state index in [-0.39, 0.29) is 11.2 Å². The Bertz CT molecular complexity index is 1120. The molecule has 0 amide bonds. The van der Waals surface area contributed by atoms with Crippen molar-refractivity contribution < 1.29 is 19.7 Å². The lowest BCUT2D eigenvalue weighted by atomic mass is 9.74. The summed E-state index contributed by atoms with van der Waals surface area (Å²) in [6.07, 6.45) is 16.7. The smallest absolute Gasteiger partial charge is 0.156 e. The van der Waals surface area contributed by atoms with Gasteiger partial charge in [-0.15, -0.1) is 0 Å². The Morgan fingerprint density at radius 3 is 2.16 bits per heavy atom. The molecule has 0 fully saturated rings. The van der Waals surface area contributed by atoms with Crippen molar-refractivity contribution >= 4 is 23.1 Å². The van der Waals surface area contributed by atoms with E-state index in [4.69, 9.17) is 20.7 Å². The van der Waals surface area contributed by atoms with Crippen LogP contribution in [0.3, 0.4) is 0 Å². The molecule has 2 unspecified atom stereocenters. The van der Waals surface area contributed by atoms with E-state index in [1.54, 1.807) is 18.7 Å². The van der Waals surface area contributed by atoms with Gasteiger partial charge in [0, 0.05) is 31.7 Å². The summed E-state index contributed by atoms with van der Waals surface area (Å²) in [6.45, 7) is 16.0. The van der Waals surface area contributed by atoms with Crippen molar-refractivity contribution in [2.75, 3.05) is 33.3 Å². The average molecular weight is 644 g/mol. The third-order valence-corrected chi connectivity index (χ3v) is 7.87. The molecule has 0 spiro atoms. The summed E-state index contributed by atoms with van der Waals surface area (Å²) in [5.41, 5.74) is 13.1. The average Bonchev–Trinajstić information content (AvgIpc) is 3.41. The number of allylic oxidation sites excluding steroid dienone is 4.